The molecule has 0 saturated heterocycles. The lowest BCUT2D eigenvalue weighted by Crippen LogP contribution is -2.27. The van der Waals surface area contributed by atoms with Crippen LogP contribution in [0.5, 0.6) is 0 Å². The lowest BCUT2D eigenvalue weighted by molar-refractivity contribution is 0.528. The van der Waals surface area contributed by atoms with Crippen LogP contribution in [0.15, 0.2) is 35.7 Å². The Morgan fingerprint density at radius 3 is 2.72 bits per heavy atom. The van der Waals surface area contributed by atoms with E-state index in [1.54, 1.807) is 17.4 Å². The van der Waals surface area contributed by atoms with E-state index >= 15 is 0 Å². The fraction of sp³-hybridized carbons (Fsp3) is 0.333. The minimum absolute atomic E-state index is 0.113. The van der Waals surface area contributed by atoms with Crippen molar-refractivity contribution in [1.29, 1.82) is 0 Å². The predicted molar refractivity (Wildman–Crippen MR) is 75.5 cm³/mol. The molecule has 1 unspecified atom stereocenters. The number of rotatable bonds is 5. The van der Waals surface area contributed by atoms with Crippen LogP contribution in [0, 0.1) is 12.7 Å². The second kappa shape index (κ2) is 6.12. The highest BCUT2D eigenvalue weighted by atomic mass is 32.1. The Labute approximate surface area is 112 Å². The standard InChI is InChI=1S/C15H18FNS/c1-11-7-8-18-15(11)10-17-12(2)9-13-5-3-4-6-14(13)16/h3-8,12,17H,9-10H2,1-2H3. The minimum Gasteiger partial charge on any atom is -0.309 e. The van der Waals surface area contributed by atoms with Crippen LogP contribution in [0.25, 0.3) is 0 Å². The van der Waals surface area contributed by atoms with Gasteiger partial charge < -0.3 is 5.32 Å². The van der Waals surface area contributed by atoms with Crippen molar-refractivity contribution >= 4 is 11.3 Å². The van der Waals surface area contributed by atoms with Crippen molar-refractivity contribution < 1.29 is 4.39 Å². The molecular weight excluding hydrogens is 245 g/mol. The van der Waals surface area contributed by atoms with E-state index in [4.69, 9.17) is 0 Å². The number of halogens is 1. The molecule has 1 aromatic heterocycles. The molecule has 1 atom stereocenters. The first-order valence-corrected chi connectivity index (χ1v) is 7.04. The summed E-state index contributed by atoms with van der Waals surface area (Å²) in [6.07, 6.45) is 0.719. The van der Waals surface area contributed by atoms with Crippen molar-refractivity contribution in [3.63, 3.8) is 0 Å². The third-order valence-electron chi connectivity index (χ3n) is 3.06. The summed E-state index contributed by atoms with van der Waals surface area (Å²) in [5.74, 6) is -0.113. The first kappa shape index (κ1) is 13.2. The summed E-state index contributed by atoms with van der Waals surface area (Å²) in [6, 6.07) is 9.38. The van der Waals surface area contributed by atoms with E-state index in [-0.39, 0.29) is 11.9 Å². The molecule has 0 saturated carbocycles. The van der Waals surface area contributed by atoms with Crippen LogP contribution in [0.3, 0.4) is 0 Å². The van der Waals surface area contributed by atoms with Gasteiger partial charge in [0.05, 0.1) is 0 Å². The van der Waals surface area contributed by atoms with Crippen LogP contribution in [-0.2, 0) is 13.0 Å². The van der Waals surface area contributed by atoms with Gasteiger partial charge in [0.1, 0.15) is 5.82 Å². The fourth-order valence-corrected chi connectivity index (χ4v) is 2.78. The largest absolute Gasteiger partial charge is 0.309 e. The number of benzene rings is 1. The summed E-state index contributed by atoms with van der Waals surface area (Å²) in [5, 5.41) is 5.55. The van der Waals surface area contributed by atoms with E-state index in [2.05, 4.69) is 30.6 Å². The van der Waals surface area contributed by atoms with Crippen LogP contribution in [0.1, 0.15) is 22.9 Å². The van der Waals surface area contributed by atoms with Crippen LogP contribution < -0.4 is 5.32 Å². The summed E-state index contributed by atoms with van der Waals surface area (Å²) < 4.78 is 13.5. The van der Waals surface area contributed by atoms with Crippen LogP contribution in [-0.4, -0.2) is 6.04 Å². The average Bonchev–Trinajstić information content (AvgIpc) is 2.75. The zero-order valence-electron chi connectivity index (χ0n) is 10.7. The lowest BCUT2D eigenvalue weighted by atomic mass is 10.1. The molecule has 0 fully saturated rings. The summed E-state index contributed by atoms with van der Waals surface area (Å²) in [5.41, 5.74) is 2.10. The Hall–Kier alpha value is -1.19. The second-order valence-electron chi connectivity index (χ2n) is 4.60. The Kier molecular flexibility index (Phi) is 4.50. The first-order chi connectivity index (χ1) is 8.66. The highest BCUT2D eigenvalue weighted by molar-refractivity contribution is 7.10. The Morgan fingerprint density at radius 2 is 2.06 bits per heavy atom. The monoisotopic (exact) mass is 263 g/mol. The van der Waals surface area contributed by atoms with Crippen molar-refractivity contribution in [2.75, 3.05) is 0 Å². The molecule has 0 radical (unpaired) electrons. The normalized spacial score (nSPS) is 12.6. The Bertz CT molecular complexity index is 507. The molecule has 0 bridgehead atoms. The maximum absolute atomic E-state index is 13.5. The lowest BCUT2D eigenvalue weighted by Gasteiger charge is -2.14. The number of nitrogens with one attached hydrogen (secondary N) is 1. The number of thiophene rings is 1. The summed E-state index contributed by atoms with van der Waals surface area (Å²) in [7, 11) is 0. The molecule has 2 aromatic rings. The van der Waals surface area contributed by atoms with Crippen LogP contribution in [0.2, 0.25) is 0 Å². The maximum atomic E-state index is 13.5. The second-order valence-corrected chi connectivity index (χ2v) is 5.60. The van der Waals surface area contributed by atoms with E-state index in [0.29, 0.717) is 0 Å². The molecule has 1 heterocycles. The first-order valence-electron chi connectivity index (χ1n) is 6.16. The van der Waals surface area contributed by atoms with Gasteiger partial charge in [-0.1, -0.05) is 18.2 Å². The predicted octanol–water partition coefficient (Wildman–Crippen LogP) is 3.92. The molecule has 96 valence electrons. The maximum Gasteiger partial charge on any atom is 0.126 e. The van der Waals surface area contributed by atoms with Gasteiger partial charge in [-0.3, -0.25) is 0 Å². The zero-order valence-corrected chi connectivity index (χ0v) is 11.6. The van der Waals surface area contributed by atoms with Gasteiger partial charge in [0.25, 0.3) is 0 Å². The molecule has 0 aliphatic rings. The molecule has 0 aliphatic carbocycles. The van der Waals surface area contributed by atoms with Crippen LogP contribution in [0.4, 0.5) is 4.39 Å². The Morgan fingerprint density at radius 1 is 1.28 bits per heavy atom. The number of hydrogen-bond acceptors (Lipinski definition) is 2. The topological polar surface area (TPSA) is 12.0 Å². The molecule has 18 heavy (non-hydrogen) atoms. The quantitative estimate of drug-likeness (QED) is 0.862. The summed E-state index contributed by atoms with van der Waals surface area (Å²) in [4.78, 5) is 1.36. The molecule has 1 nitrogen and oxygen atoms in total. The zero-order chi connectivity index (χ0) is 13.0. The van der Waals surface area contributed by atoms with Crippen molar-refractivity contribution in [2.45, 2.75) is 32.9 Å². The molecule has 0 aliphatic heterocycles. The third kappa shape index (κ3) is 3.40. The third-order valence-corrected chi connectivity index (χ3v) is 4.09. The van der Waals surface area contributed by atoms with Gasteiger partial charge in [0.15, 0.2) is 0 Å². The van der Waals surface area contributed by atoms with Gasteiger partial charge in [0.2, 0.25) is 0 Å². The van der Waals surface area contributed by atoms with Gasteiger partial charge in [-0.15, -0.1) is 11.3 Å². The summed E-state index contributed by atoms with van der Waals surface area (Å²) in [6.45, 7) is 5.07. The van der Waals surface area contributed by atoms with E-state index in [1.807, 2.05) is 12.1 Å². The van der Waals surface area contributed by atoms with Crippen molar-refractivity contribution in [2.24, 2.45) is 0 Å². The van der Waals surface area contributed by atoms with Gasteiger partial charge >= 0.3 is 0 Å². The molecule has 0 amide bonds. The number of aryl methyl sites for hydroxylation is 1. The van der Waals surface area contributed by atoms with Gasteiger partial charge in [-0.2, -0.15) is 0 Å². The van der Waals surface area contributed by atoms with E-state index in [0.717, 1.165) is 18.5 Å². The summed E-state index contributed by atoms with van der Waals surface area (Å²) >= 11 is 1.76. The minimum atomic E-state index is -0.113. The van der Waals surface area contributed by atoms with E-state index < -0.39 is 0 Å². The SMILES string of the molecule is Cc1ccsc1CNC(C)Cc1ccccc1F. The molecule has 1 N–H and O–H groups in total. The fourth-order valence-electron chi connectivity index (χ4n) is 1.92. The van der Waals surface area contributed by atoms with E-state index in [9.17, 15) is 4.39 Å². The van der Waals surface area contributed by atoms with Crippen molar-refractivity contribution in [1.82, 2.24) is 5.32 Å². The number of hydrogen-bond donors (Lipinski definition) is 1. The smallest absolute Gasteiger partial charge is 0.126 e. The highest BCUT2D eigenvalue weighted by Crippen LogP contribution is 2.15. The van der Waals surface area contributed by atoms with Crippen molar-refractivity contribution in [3.05, 3.63) is 57.5 Å². The molecule has 3 heteroatoms. The highest BCUT2D eigenvalue weighted by Gasteiger charge is 2.08. The molecule has 0 spiro atoms. The van der Waals surface area contributed by atoms with Gasteiger partial charge in [0, 0.05) is 17.5 Å². The Balaban J connectivity index is 1.88. The molecular formula is C15H18FNS. The van der Waals surface area contributed by atoms with Crippen LogP contribution >= 0.6 is 11.3 Å². The molecule has 2 rings (SSSR count). The van der Waals surface area contributed by atoms with Gasteiger partial charge in [-0.25, -0.2) is 4.39 Å². The van der Waals surface area contributed by atoms with Gasteiger partial charge in [-0.05, 0) is 48.9 Å². The van der Waals surface area contributed by atoms with Crippen molar-refractivity contribution in [3.8, 4) is 0 Å². The molecule has 1 aromatic carbocycles. The van der Waals surface area contributed by atoms with E-state index in [1.165, 1.54) is 16.5 Å². The average molecular weight is 263 g/mol.